The molecule has 0 spiro atoms. The van der Waals surface area contributed by atoms with Crippen LogP contribution in [0.1, 0.15) is 24.8 Å². The summed E-state index contributed by atoms with van der Waals surface area (Å²) in [4.78, 5) is 16.2. The van der Waals surface area contributed by atoms with E-state index in [4.69, 9.17) is 16.3 Å². The van der Waals surface area contributed by atoms with Gasteiger partial charge in [-0.2, -0.15) is 5.10 Å². The van der Waals surface area contributed by atoms with Crippen LogP contribution in [0, 0.1) is 11.7 Å². The smallest absolute Gasteiger partial charge is 0.309 e. The molecule has 0 bridgehead atoms. The van der Waals surface area contributed by atoms with Crippen LogP contribution in [-0.2, 0) is 9.53 Å². The van der Waals surface area contributed by atoms with Crippen molar-refractivity contribution in [1.29, 1.82) is 0 Å². The number of ether oxygens (including phenoxy) is 1. The number of aromatic nitrogens is 3. The van der Waals surface area contributed by atoms with Crippen LogP contribution in [-0.4, -0.2) is 27.2 Å². The highest BCUT2D eigenvalue weighted by Gasteiger charge is 2.45. The van der Waals surface area contributed by atoms with Gasteiger partial charge < -0.3 is 4.74 Å². The standard InChI is InChI=1S/C18H14BrClFN3O2/c1-2-26-18(25)12-6-11(12)9-3-4-10(14(21)5-9)15-8-24-17(22-15)13(19)7-16(20)23-24/h3-5,7-8,11-12H,2,6H2,1H3/t11-,12+/m1/s1. The molecule has 134 valence electrons. The Morgan fingerprint density at radius 1 is 1.46 bits per heavy atom. The van der Waals surface area contributed by atoms with Crippen molar-refractivity contribution in [3.63, 3.8) is 0 Å². The average Bonchev–Trinajstić information content (AvgIpc) is 3.28. The fraction of sp³-hybridized carbons (Fsp3) is 0.278. The maximum Gasteiger partial charge on any atom is 0.309 e. The number of imidazole rings is 1. The summed E-state index contributed by atoms with van der Waals surface area (Å²) < 4.78 is 21.9. The maximum absolute atomic E-state index is 14.7. The highest BCUT2D eigenvalue weighted by Crippen LogP contribution is 2.48. The molecule has 0 aliphatic heterocycles. The number of halogens is 3. The van der Waals surface area contributed by atoms with Crippen LogP contribution in [0.5, 0.6) is 0 Å². The number of carbonyl (C=O) groups is 1. The van der Waals surface area contributed by atoms with Gasteiger partial charge in [0.2, 0.25) is 0 Å². The quantitative estimate of drug-likeness (QED) is 0.558. The van der Waals surface area contributed by atoms with Crippen molar-refractivity contribution in [3.8, 4) is 11.3 Å². The first-order chi connectivity index (χ1) is 12.5. The second kappa shape index (κ2) is 6.63. The third-order valence-electron chi connectivity index (χ3n) is 4.43. The summed E-state index contributed by atoms with van der Waals surface area (Å²) in [6.45, 7) is 2.13. The molecule has 2 aromatic heterocycles. The number of nitrogens with zero attached hydrogens (tertiary/aromatic N) is 3. The van der Waals surface area contributed by atoms with E-state index < -0.39 is 0 Å². The van der Waals surface area contributed by atoms with Crippen LogP contribution < -0.4 is 0 Å². The Morgan fingerprint density at radius 3 is 3.00 bits per heavy atom. The number of carbonyl (C=O) groups excluding carboxylic acids is 1. The molecule has 0 amide bonds. The molecule has 2 atom stereocenters. The number of hydrogen-bond acceptors (Lipinski definition) is 4. The molecule has 0 unspecified atom stereocenters. The highest BCUT2D eigenvalue weighted by atomic mass is 79.9. The summed E-state index contributed by atoms with van der Waals surface area (Å²) >= 11 is 9.31. The SMILES string of the molecule is CCOC(=O)[C@H]1C[C@@H]1c1ccc(-c2cn3nc(Cl)cc(Br)c3n2)c(F)c1. The Bertz CT molecular complexity index is 1020. The van der Waals surface area contributed by atoms with E-state index >= 15 is 0 Å². The third-order valence-corrected chi connectivity index (χ3v) is 5.20. The Kier molecular flexibility index (Phi) is 4.44. The Morgan fingerprint density at radius 2 is 2.27 bits per heavy atom. The minimum atomic E-state index is -0.386. The van der Waals surface area contributed by atoms with Gasteiger partial charge in [-0.05, 0) is 59.0 Å². The van der Waals surface area contributed by atoms with Gasteiger partial charge in [-0.25, -0.2) is 13.9 Å². The molecule has 8 heteroatoms. The van der Waals surface area contributed by atoms with E-state index in [1.54, 1.807) is 25.3 Å². The Hall–Kier alpha value is -1.99. The molecule has 4 rings (SSSR count). The van der Waals surface area contributed by atoms with Gasteiger partial charge in [0.1, 0.15) is 5.82 Å². The second-order valence-electron chi connectivity index (χ2n) is 6.15. The molecule has 26 heavy (non-hydrogen) atoms. The van der Waals surface area contributed by atoms with E-state index in [2.05, 4.69) is 26.0 Å². The molecule has 1 fully saturated rings. The number of rotatable bonds is 4. The monoisotopic (exact) mass is 437 g/mol. The lowest BCUT2D eigenvalue weighted by Crippen LogP contribution is -2.07. The number of benzene rings is 1. The highest BCUT2D eigenvalue weighted by molar-refractivity contribution is 9.10. The summed E-state index contributed by atoms with van der Waals surface area (Å²) in [5.41, 5.74) is 2.19. The molecule has 0 saturated heterocycles. The van der Waals surface area contributed by atoms with Crippen molar-refractivity contribution in [2.75, 3.05) is 6.61 Å². The van der Waals surface area contributed by atoms with Gasteiger partial charge >= 0.3 is 5.97 Å². The summed E-state index contributed by atoms with van der Waals surface area (Å²) in [7, 11) is 0. The first-order valence-electron chi connectivity index (χ1n) is 8.15. The predicted octanol–water partition coefficient (Wildman–Crippen LogP) is 4.62. The zero-order valence-electron chi connectivity index (χ0n) is 13.7. The van der Waals surface area contributed by atoms with Crippen LogP contribution in [0.25, 0.3) is 16.9 Å². The minimum Gasteiger partial charge on any atom is -0.466 e. The van der Waals surface area contributed by atoms with Crippen molar-refractivity contribution in [1.82, 2.24) is 14.6 Å². The van der Waals surface area contributed by atoms with Gasteiger partial charge in [-0.3, -0.25) is 4.79 Å². The first kappa shape index (κ1) is 17.4. The molecule has 1 aliphatic rings. The van der Waals surface area contributed by atoms with Gasteiger partial charge in [0.15, 0.2) is 10.8 Å². The molecular weight excluding hydrogens is 425 g/mol. The zero-order chi connectivity index (χ0) is 18.4. The minimum absolute atomic E-state index is 0.0216. The zero-order valence-corrected chi connectivity index (χ0v) is 16.1. The predicted molar refractivity (Wildman–Crippen MR) is 98.6 cm³/mol. The Labute approximate surface area is 162 Å². The van der Waals surface area contributed by atoms with Crippen LogP contribution in [0.4, 0.5) is 4.39 Å². The first-order valence-corrected chi connectivity index (χ1v) is 9.33. The fourth-order valence-corrected chi connectivity index (χ4v) is 3.89. The summed E-state index contributed by atoms with van der Waals surface area (Å²) in [5, 5.41) is 4.44. The van der Waals surface area contributed by atoms with E-state index in [-0.39, 0.29) is 23.6 Å². The van der Waals surface area contributed by atoms with Crippen molar-refractivity contribution in [2.24, 2.45) is 5.92 Å². The van der Waals surface area contributed by atoms with Crippen LogP contribution in [0.15, 0.2) is 34.9 Å². The summed E-state index contributed by atoms with van der Waals surface area (Å²) in [5.74, 6) is -0.747. The van der Waals surface area contributed by atoms with Gasteiger partial charge in [-0.15, -0.1) is 0 Å². The lowest BCUT2D eigenvalue weighted by atomic mass is 10.0. The molecule has 0 radical (unpaired) electrons. The summed E-state index contributed by atoms with van der Waals surface area (Å²) in [6, 6.07) is 6.62. The molecular formula is C18H14BrClFN3O2. The van der Waals surface area contributed by atoms with Crippen molar-refractivity contribution in [2.45, 2.75) is 19.3 Å². The van der Waals surface area contributed by atoms with Crippen molar-refractivity contribution < 1.29 is 13.9 Å². The normalized spacial score (nSPS) is 18.9. The van der Waals surface area contributed by atoms with Crippen LogP contribution in [0.2, 0.25) is 5.15 Å². The van der Waals surface area contributed by atoms with Gasteiger partial charge in [0, 0.05) is 5.56 Å². The Balaban J connectivity index is 1.63. The number of hydrogen-bond donors (Lipinski definition) is 0. The molecule has 5 nitrogen and oxygen atoms in total. The van der Waals surface area contributed by atoms with Gasteiger partial charge in [0.25, 0.3) is 0 Å². The van der Waals surface area contributed by atoms with Crippen molar-refractivity contribution >= 4 is 39.1 Å². The van der Waals surface area contributed by atoms with Crippen LogP contribution in [0.3, 0.4) is 0 Å². The summed E-state index contributed by atoms with van der Waals surface area (Å²) in [6.07, 6.45) is 2.32. The van der Waals surface area contributed by atoms with Crippen molar-refractivity contribution in [3.05, 3.63) is 51.5 Å². The molecule has 1 saturated carbocycles. The maximum atomic E-state index is 14.7. The largest absolute Gasteiger partial charge is 0.466 e. The lowest BCUT2D eigenvalue weighted by molar-refractivity contribution is -0.144. The number of esters is 1. The number of fused-ring (bicyclic) bond motifs is 1. The van der Waals surface area contributed by atoms with E-state index in [1.165, 1.54) is 10.6 Å². The average molecular weight is 439 g/mol. The third kappa shape index (κ3) is 3.10. The second-order valence-corrected chi connectivity index (χ2v) is 7.39. The molecule has 1 aliphatic carbocycles. The molecule has 2 heterocycles. The van der Waals surface area contributed by atoms with E-state index in [0.29, 0.717) is 39.6 Å². The molecule has 0 N–H and O–H groups in total. The van der Waals surface area contributed by atoms with Gasteiger partial charge in [-0.1, -0.05) is 17.7 Å². The fourth-order valence-electron chi connectivity index (χ4n) is 3.08. The van der Waals surface area contributed by atoms with Crippen LogP contribution >= 0.6 is 27.5 Å². The van der Waals surface area contributed by atoms with E-state index in [9.17, 15) is 9.18 Å². The molecule has 1 aromatic carbocycles. The van der Waals surface area contributed by atoms with E-state index in [1.807, 2.05) is 6.07 Å². The van der Waals surface area contributed by atoms with E-state index in [0.717, 1.165) is 5.56 Å². The molecule has 3 aromatic rings. The van der Waals surface area contributed by atoms with Gasteiger partial charge in [0.05, 0.1) is 28.9 Å². The topological polar surface area (TPSA) is 56.5 Å². The lowest BCUT2D eigenvalue weighted by Gasteiger charge is -2.04.